The van der Waals surface area contributed by atoms with Crippen molar-refractivity contribution in [3.8, 4) is 0 Å². The van der Waals surface area contributed by atoms with Crippen LogP contribution in [0.15, 0.2) is 5.38 Å². The maximum absolute atomic E-state index is 13.0. The zero-order valence-electron chi connectivity index (χ0n) is 15.5. The lowest BCUT2D eigenvalue weighted by Crippen LogP contribution is -2.50. The number of aliphatic hydroxyl groups is 1. The average Bonchev–Trinajstić information content (AvgIpc) is 3.29. The van der Waals surface area contributed by atoms with Gasteiger partial charge in [-0.3, -0.25) is 19.6 Å². The molecule has 0 aliphatic carbocycles. The molecule has 0 spiro atoms. The summed E-state index contributed by atoms with van der Waals surface area (Å²) in [7, 11) is 0. The van der Waals surface area contributed by atoms with Crippen LogP contribution in [0.4, 0.5) is 5.13 Å². The minimum absolute atomic E-state index is 0.292. The quantitative estimate of drug-likeness (QED) is 0.382. The number of amides is 3. The van der Waals surface area contributed by atoms with E-state index in [4.69, 9.17) is 5.21 Å². The smallest absolute Gasteiger partial charge is 0.272 e. The zero-order chi connectivity index (χ0) is 20.0. The third kappa shape index (κ3) is 5.24. The highest BCUT2D eigenvalue weighted by atomic mass is 32.1. The number of hydrogen-bond acceptors (Lipinski definition) is 7. The van der Waals surface area contributed by atoms with Crippen molar-refractivity contribution in [3.05, 3.63) is 11.1 Å². The average molecular weight is 398 g/mol. The Labute approximate surface area is 161 Å². The van der Waals surface area contributed by atoms with E-state index in [1.165, 1.54) is 21.7 Å². The fraction of sp³-hybridized carbons (Fsp3) is 0.647. The lowest BCUT2D eigenvalue weighted by Gasteiger charge is -2.29. The number of unbranched alkanes of at least 4 members (excludes halogenated alkanes) is 1. The molecule has 10 heteroatoms. The molecule has 27 heavy (non-hydrogen) atoms. The van der Waals surface area contributed by atoms with Crippen LogP contribution < -0.4 is 10.8 Å². The number of carbonyl (C=O) groups excluding carboxylic acids is 3. The molecule has 3 atom stereocenters. The second-order valence-corrected chi connectivity index (χ2v) is 7.50. The van der Waals surface area contributed by atoms with Gasteiger partial charge < -0.3 is 15.3 Å². The van der Waals surface area contributed by atoms with E-state index in [1.54, 1.807) is 0 Å². The number of likely N-dealkylation sites (tertiary alicyclic amines) is 1. The maximum atomic E-state index is 13.0. The molecule has 0 aromatic carbocycles. The molecule has 1 aromatic rings. The van der Waals surface area contributed by atoms with Crippen LogP contribution in [0.3, 0.4) is 0 Å². The number of thiazole rings is 1. The number of hydrogen-bond donors (Lipinski definition) is 4. The van der Waals surface area contributed by atoms with Crippen LogP contribution in [0.5, 0.6) is 0 Å². The normalized spacial score (nSPS) is 18.8. The second kappa shape index (κ2) is 9.77. The van der Waals surface area contributed by atoms with Gasteiger partial charge in [0.05, 0.1) is 11.6 Å². The Morgan fingerprint density at radius 3 is 2.78 bits per heavy atom. The first-order valence-corrected chi connectivity index (χ1v) is 9.92. The van der Waals surface area contributed by atoms with Gasteiger partial charge in [-0.05, 0) is 26.2 Å². The second-order valence-electron chi connectivity index (χ2n) is 6.64. The predicted molar refractivity (Wildman–Crippen MR) is 99.2 cm³/mol. The van der Waals surface area contributed by atoms with E-state index in [0.29, 0.717) is 37.4 Å². The molecule has 1 aromatic heterocycles. The molecule has 1 saturated heterocycles. The van der Waals surface area contributed by atoms with E-state index in [1.807, 2.05) is 19.2 Å². The molecule has 2 heterocycles. The summed E-state index contributed by atoms with van der Waals surface area (Å²) >= 11 is 1.31. The molecule has 0 unspecified atom stereocenters. The largest absolute Gasteiger partial charge is 0.382 e. The summed E-state index contributed by atoms with van der Waals surface area (Å²) < 4.78 is 0. The van der Waals surface area contributed by atoms with Crippen LogP contribution in [0.2, 0.25) is 0 Å². The SMILES string of the molecule is CCCC[C@@H](C(=O)N1CCC[C@H]1C(=O)Nc1nc(C)cs1)[C@H](O)C(=O)NO. The third-order valence-corrected chi connectivity index (χ3v) is 5.51. The Morgan fingerprint density at radius 2 is 2.19 bits per heavy atom. The molecule has 9 nitrogen and oxygen atoms in total. The van der Waals surface area contributed by atoms with Gasteiger partial charge >= 0.3 is 0 Å². The van der Waals surface area contributed by atoms with Crippen molar-refractivity contribution in [1.82, 2.24) is 15.4 Å². The van der Waals surface area contributed by atoms with Crippen molar-refractivity contribution in [2.75, 3.05) is 11.9 Å². The van der Waals surface area contributed by atoms with Crippen LogP contribution in [0, 0.1) is 12.8 Å². The molecule has 1 fully saturated rings. The Morgan fingerprint density at radius 1 is 1.44 bits per heavy atom. The Bertz CT molecular complexity index is 680. The highest BCUT2D eigenvalue weighted by Crippen LogP contribution is 2.26. The molecule has 0 radical (unpaired) electrons. The summed E-state index contributed by atoms with van der Waals surface area (Å²) in [5.74, 6) is -2.81. The van der Waals surface area contributed by atoms with Crippen molar-refractivity contribution < 1.29 is 24.7 Å². The van der Waals surface area contributed by atoms with Crippen LogP contribution in [-0.4, -0.2) is 56.6 Å². The number of hydroxylamine groups is 1. The number of nitrogens with zero attached hydrogens (tertiary/aromatic N) is 2. The summed E-state index contributed by atoms with van der Waals surface area (Å²) in [4.78, 5) is 42.9. The van der Waals surface area contributed by atoms with E-state index < -0.39 is 29.9 Å². The fourth-order valence-corrected chi connectivity index (χ4v) is 3.90. The Kier molecular flexibility index (Phi) is 7.69. The van der Waals surface area contributed by atoms with Crippen LogP contribution in [0.25, 0.3) is 0 Å². The van der Waals surface area contributed by atoms with E-state index in [9.17, 15) is 19.5 Å². The third-order valence-electron chi connectivity index (χ3n) is 4.63. The van der Waals surface area contributed by atoms with Gasteiger partial charge in [-0.25, -0.2) is 10.5 Å². The summed E-state index contributed by atoms with van der Waals surface area (Å²) in [6.45, 7) is 4.13. The molecular weight excluding hydrogens is 372 g/mol. The van der Waals surface area contributed by atoms with Crippen molar-refractivity contribution in [1.29, 1.82) is 0 Å². The minimum atomic E-state index is -1.67. The molecule has 1 aliphatic heterocycles. The minimum Gasteiger partial charge on any atom is -0.382 e. The first-order valence-electron chi connectivity index (χ1n) is 9.04. The monoisotopic (exact) mass is 398 g/mol. The Hall–Kier alpha value is -2.04. The van der Waals surface area contributed by atoms with Gasteiger partial charge in [0, 0.05) is 11.9 Å². The molecule has 1 aliphatic rings. The van der Waals surface area contributed by atoms with Crippen LogP contribution in [-0.2, 0) is 14.4 Å². The van der Waals surface area contributed by atoms with Crippen molar-refractivity contribution in [3.63, 3.8) is 0 Å². The topological polar surface area (TPSA) is 132 Å². The molecule has 2 rings (SSSR count). The molecule has 150 valence electrons. The summed E-state index contributed by atoms with van der Waals surface area (Å²) in [5.41, 5.74) is 2.19. The molecule has 0 bridgehead atoms. The summed E-state index contributed by atoms with van der Waals surface area (Å²) in [6, 6.07) is -0.671. The molecule has 0 saturated carbocycles. The van der Waals surface area contributed by atoms with Gasteiger partial charge in [0.15, 0.2) is 5.13 Å². The lowest BCUT2D eigenvalue weighted by atomic mass is 9.93. The predicted octanol–water partition coefficient (Wildman–Crippen LogP) is 1.05. The highest BCUT2D eigenvalue weighted by molar-refractivity contribution is 7.13. The van der Waals surface area contributed by atoms with Crippen LogP contribution >= 0.6 is 11.3 Å². The van der Waals surface area contributed by atoms with Gasteiger partial charge in [-0.2, -0.15) is 0 Å². The first-order chi connectivity index (χ1) is 12.9. The van der Waals surface area contributed by atoms with Gasteiger partial charge in [0.25, 0.3) is 5.91 Å². The van der Waals surface area contributed by atoms with Crippen LogP contribution in [0.1, 0.15) is 44.7 Å². The van der Waals surface area contributed by atoms with E-state index in [2.05, 4.69) is 10.3 Å². The van der Waals surface area contributed by atoms with E-state index >= 15 is 0 Å². The molecular formula is C17H26N4O5S. The van der Waals surface area contributed by atoms with Crippen molar-refractivity contribution >= 4 is 34.2 Å². The highest BCUT2D eigenvalue weighted by Gasteiger charge is 2.41. The van der Waals surface area contributed by atoms with Gasteiger partial charge in [0.1, 0.15) is 12.1 Å². The zero-order valence-corrected chi connectivity index (χ0v) is 16.3. The number of aromatic nitrogens is 1. The molecule has 4 N–H and O–H groups in total. The summed E-state index contributed by atoms with van der Waals surface area (Å²) in [5, 5.41) is 24.0. The first kappa shape index (κ1) is 21.3. The lowest BCUT2D eigenvalue weighted by molar-refractivity contribution is -0.152. The van der Waals surface area contributed by atoms with Gasteiger partial charge in [-0.1, -0.05) is 19.8 Å². The molecule has 3 amide bonds. The fourth-order valence-electron chi connectivity index (χ4n) is 3.21. The van der Waals surface area contributed by atoms with Crippen molar-refractivity contribution in [2.24, 2.45) is 5.92 Å². The van der Waals surface area contributed by atoms with E-state index in [0.717, 1.165) is 12.1 Å². The number of carbonyl (C=O) groups is 3. The van der Waals surface area contributed by atoms with Crippen molar-refractivity contribution in [2.45, 2.75) is 58.1 Å². The van der Waals surface area contributed by atoms with Gasteiger partial charge in [0.2, 0.25) is 11.8 Å². The number of nitrogens with one attached hydrogen (secondary N) is 2. The maximum Gasteiger partial charge on any atom is 0.272 e. The number of rotatable bonds is 8. The number of aryl methyl sites for hydroxylation is 1. The summed E-state index contributed by atoms with van der Waals surface area (Å²) in [6.07, 6.45) is 1.20. The standard InChI is InChI=1S/C17H26N4O5S/c1-3-4-6-11(13(22)15(24)20-26)16(25)21-8-5-7-12(21)14(23)19-17-18-10(2)9-27-17/h9,11-13,22,26H,3-8H2,1-2H3,(H,20,24)(H,18,19,23)/t11-,12+,13+/m1/s1. The Balaban J connectivity index is 2.12. The number of anilines is 1. The van der Waals surface area contributed by atoms with E-state index in [-0.39, 0.29) is 5.91 Å². The van der Waals surface area contributed by atoms with Gasteiger partial charge in [-0.15, -0.1) is 11.3 Å². The number of aliphatic hydroxyl groups excluding tert-OH is 1.